The molecule has 0 aromatic carbocycles. The molecule has 4 heteroatoms. The molecule has 0 bridgehead atoms. The molecule has 0 atom stereocenters. The highest BCUT2D eigenvalue weighted by atomic mass is 16.4. The van der Waals surface area contributed by atoms with Crippen LogP contribution in [0.15, 0.2) is 0 Å². The summed E-state index contributed by atoms with van der Waals surface area (Å²) in [5.74, 6) is -0.963. The fourth-order valence-corrected chi connectivity index (χ4v) is 0.821. The van der Waals surface area contributed by atoms with Crippen LogP contribution >= 0.6 is 0 Å². The second kappa shape index (κ2) is 5.62. The second-order valence-corrected chi connectivity index (χ2v) is 4.07. The largest absolute Gasteiger partial charge is 0.481 e. The molecule has 0 aliphatic heterocycles. The number of unbranched alkanes of at least 4 members (excludes halogenated alkanes) is 1. The van der Waals surface area contributed by atoms with Gasteiger partial charge in [0.2, 0.25) is 5.91 Å². The molecule has 0 aliphatic carbocycles. The molecule has 0 unspecified atom stereocenters. The molecule has 0 rings (SSSR count). The smallest absolute Gasteiger partial charge is 0.310 e. The second-order valence-electron chi connectivity index (χ2n) is 4.07. The average molecular weight is 201 g/mol. The number of carbonyl (C=O) groups excluding carboxylic acids is 1. The molecule has 0 spiro atoms. The third-order valence-electron chi connectivity index (χ3n) is 2.06. The van der Waals surface area contributed by atoms with Gasteiger partial charge in [-0.1, -0.05) is 13.3 Å². The zero-order valence-electron chi connectivity index (χ0n) is 9.09. The highest BCUT2D eigenvalue weighted by Crippen LogP contribution is 2.13. The van der Waals surface area contributed by atoms with Crippen molar-refractivity contribution >= 4 is 11.9 Å². The summed E-state index contributed by atoms with van der Waals surface area (Å²) in [4.78, 5) is 21.9. The number of hydrogen-bond acceptors (Lipinski definition) is 2. The van der Waals surface area contributed by atoms with E-state index >= 15 is 0 Å². The van der Waals surface area contributed by atoms with Crippen molar-refractivity contribution < 1.29 is 14.7 Å². The van der Waals surface area contributed by atoms with Gasteiger partial charge in [0.05, 0.1) is 5.41 Å². The lowest BCUT2D eigenvalue weighted by molar-refractivity contribution is -0.146. The Balaban J connectivity index is 3.82. The third-order valence-corrected chi connectivity index (χ3v) is 2.06. The number of hydrogen-bond donors (Lipinski definition) is 2. The van der Waals surface area contributed by atoms with E-state index in [0.29, 0.717) is 6.42 Å². The fraction of sp³-hybridized carbons (Fsp3) is 0.800. The van der Waals surface area contributed by atoms with E-state index in [4.69, 9.17) is 5.11 Å². The van der Waals surface area contributed by atoms with Gasteiger partial charge in [0.1, 0.15) is 0 Å². The number of carbonyl (C=O) groups is 2. The molecule has 14 heavy (non-hydrogen) atoms. The molecular weight excluding hydrogens is 182 g/mol. The minimum atomic E-state index is -0.895. The van der Waals surface area contributed by atoms with Gasteiger partial charge in [-0.3, -0.25) is 9.59 Å². The molecule has 82 valence electrons. The molecule has 0 saturated heterocycles. The fourth-order valence-electron chi connectivity index (χ4n) is 0.821. The summed E-state index contributed by atoms with van der Waals surface area (Å²) in [5, 5.41) is 11.4. The quantitative estimate of drug-likeness (QED) is 0.682. The molecule has 4 nitrogen and oxygen atoms in total. The Kier molecular flexibility index (Phi) is 5.20. The standard InChI is InChI=1S/C10H19NO3/c1-4-5-6-8(12)11-7-10(2,3)9(13)14/h4-7H2,1-3H3,(H,11,12)(H,13,14). The Morgan fingerprint density at radius 1 is 1.36 bits per heavy atom. The monoisotopic (exact) mass is 201 g/mol. The third kappa shape index (κ3) is 4.84. The maximum atomic E-state index is 11.2. The topological polar surface area (TPSA) is 66.4 Å². The Morgan fingerprint density at radius 3 is 2.36 bits per heavy atom. The first-order valence-electron chi connectivity index (χ1n) is 4.90. The molecule has 0 aliphatic rings. The number of carboxylic acids is 1. The maximum absolute atomic E-state index is 11.2. The molecule has 2 N–H and O–H groups in total. The van der Waals surface area contributed by atoms with Crippen LogP contribution in [0.2, 0.25) is 0 Å². The summed E-state index contributed by atoms with van der Waals surface area (Å²) in [6.07, 6.45) is 2.29. The molecule has 0 fully saturated rings. The lowest BCUT2D eigenvalue weighted by Gasteiger charge is -2.19. The predicted octanol–water partition coefficient (Wildman–Crippen LogP) is 1.40. The van der Waals surface area contributed by atoms with Crippen molar-refractivity contribution in [2.45, 2.75) is 40.0 Å². The number of amides is 1. The van der Waals surface area contributed by atoms with Gasteiger partial charge >= 0.3 is 5.97 Å². The van der Waals surface area contributed by atoms with Gasteiger partial charge in [0, 0.05) is 13.0 Å². The SMILES string of the molecule is CCCCC(=O)NCC(C)(C)C(=O)O. The van der Waals surface area contributed by atoms with Gasteiger partial charge in [0.15, 0.2) is 0 Å². The molecule has 0 saturated carbocycles. The van der Waals surface area contributed by atoms with Crippen molar-refractivity contribution in [2.24, 2.45) is 5.41 Å². The van der Waals surface area contributed by atoms with Crippen LogP contribution in [0.3, 0.4) is 0 Å². The first-order chi connectivity index (χ1) is 6.40. The van der Waals surface area contributed by atoms with Crippen LogP contribution in [-0.4, -0.2) is 23.5 Å². The van der Waals surface area contributed by atoms with Crippen LogP contribution in [0, 0.1) is 5.41 Å². The van der Waals surface area contributed by atoms with Crippen LogP contribution in [0.5, 0.6) is 0 Å². The van der Waals surface area contributed by atoms with Crippen molar-refractivity contribution in [3.63, 3.8) is 0 Å². The van der Waals surface area contributed by atoms with E-state index in [1.54, 1.807) is 13.8 Å². The van der Waals surface area contributed by atoms with Crippen molar-refractivity contribution in [3.8, 4) is 0 Å². The van der Waals surface area contributed by atoms with Crippen LogP contribution in [0.1, 0.15) is 40.0 Å². The van der Waals surface area contributed by atoms with Crippen LogP contribution < -0.4 is 5.32 Å². The minimum Gasteiger partial charge on any atom is -0.481 e. The molecule has 0 aromatic rings. The summed E-state index contributed by atoms with van der Waals surface area (Å²) >= 11 is 0. The maximum Gasteiger partial charge on any atom is 0.310 e. The number of rotatable bonds is 6. The molecule has 0 heterocycles. The van der Waals surface area contributed by atoms with Gasteiger partial charge in [-0.15, -0.1) is 0 Å². The minimum absolute atomic E-state index is 0.0684. The zero-order chi connectivity index (χ0) is 11.2. The normalized spacial score (nSPS) is 11.1. The zero-order valence-corrected chi connectivity index (χ0v) is 9.09. The summed E-state index contributed by atoms with van der Waals surface area (Å²) < 4.78 is 0. The molecule has 1 amide bonds. The van der Waals surface area contributed by atoms with Gasteiger partial charge in [-0.2, -0.15) is 0 Å². The summed E-state index contributed by atoms with van der Waals surface area (Å²) in [6.45, 7) is 5.38. The predicted molar refractivity (Wildman–Crippen MR) is 54.0 cm³/mol. The van der Waals surface area contributed by atoms with E-state index in [-0.39, 0.29) is 12.5 Å². The summed E-state index contributed by atoms with van der Waals surface area (Å²) in [7, 11) is 0. The molecule has 0 radical (unpaired) electrons. The number of carboxylic acid groups (broad SMARTS) is 1. The first-order valence-corrected chi connectivity index (χ1v) is 4.90. The Bertz CT molecular complexity index is 211. The van der Waals surface area contributed by atoms with Crippen LogP contribution in [-0.2, 0) is 9.59 Å². The summed E-state index contributed by atoms with van der Waals surface area (Å²) in [6, 6.07) is 0. The molecular formula is C10H19NO3. The number of nitrogens with one attached hydrogen (secondary N) is 1. The van der Waals surface area contributed by atoms with E-state index in [1.807, 2.05) is 6.92 Å². The lowest BCUT2D eigenvalue weighted by Crippen LogP contribution is -2.38. The van der Waals surface area contributed by atoms with Crippen LogP contribution in [0.4, 0.5) is 0 Å². The van der Waals surface area contributed by atoms with E-state index in [9.17, 15) is 9.59 Å². The van der Waals surface area contributed by atoms with E-state index < -0.39 is 11.4 Å². The van der Waals surface area contributed by atoms with Gasteiger partial charge < -0.3 is 10.4 Å². The number of aliphatic carboxylic acids is 1. The molecule has 0 aromatic heterocycles. The van der Waals surface area contributed by atoms with Gasteiger partial charge in [-0.25, -0.2) is 0 Å². The van der Waals surface area contributed by atoms with Gasteiger partial charge in [0.25, 0.3) is 0 Å². The first kappa shape index (κ1) is 12.9. The summed E-state index contributed by atoms with van der Waals surface area (Å²) in [5.41, 5.74) is -0.887. The van der Waals surface area contributed by atoms with E-state index in [1.165, 1.54) is 0 Å². The Hall–Kier alpha value is -1.06. The Morgan fingerprint density at radius 2 is 1.93 bits per heavy atom. The average Bonchev–Trinajstić information content (AvgIpc) is 2.11. The van der Waals surface area contributed by atoms with Gasteiger partial charge in [-0.05, 0) is 20.3 Å². The van der Waals surface area contributed by atoms with Crippen molar-refractivity contribution in [2.75, 3.05) is 6.54 Å². The van der Waals surface area contributed by atoms with E-state index in [0.717, 1.165) is 12.8 Å². The van der Waals surface area contributed by atoms with Crippen molar-refractivity contribution in [3.05, 3.63) is 0 Å². The Labute approximate surface area is 84.7 Å². The highest BCUT2D eigenvalue weighted by molar-refractivity contribution is 5.78. The van der Waals surface area contributed by atoms with E-state index in [2.05, 4.69) is 5.32 Å². The van der Waals surface area contributed by atoms with Crippen LogP contribution in [0.25, 0.3) is 0 Å². The highest BCUT2D eigenvalue weighted by Gasteiger charge is 2.27. The lowest BCUT2D eigenvalue weighted by atomic mass is 9.94. The van der Waals surface area contributed by atoms with Crippen molar-refractivity contribution in [1.29, 1.82) is 0 Å². The van der Waals surface area contributed by atoms with Crippen molar-refractivity contribution in [1.82, 2.24) is 5.32 Å².